The van der Waals surface area contributed by atoms with Crippen LogP contribution in [0.25, 0.3) is 0 Å². The van der Waals surface area contributed by atoms with E-state index in [2.05, 4.69) is 25.1 Å². The average molecular weight is 247 g/mol. The highest BCUT2D eigenvalue weighted by atomic mass is 15.3. The van der Waals surface area contributed by atoms with E-state index in [1.807, 2.05) is 13.1 Å². The van der Waals surface area contributed by atoms with Crippen molar-refractivity contribution in [3.05, 3.63) is 12.4 Å². The summed E-state index contributed by atoms with van der Waals surface area (Å²) in [4.78, 5) is 13.5. The van der Waals surface area contributed by atoms with Crippen LogP contribution in [-0.4, -0.2) is 54.1 Å². The number of rotatable bonds is 3. The van der Waals surface area contributed by atoms with Crippen LogP contribution < -0.4 is 10.2 Å². The zero-order chi connectivity index (χ0) is 12.4. The van der Waals surface area contributed by atoms with Crippen molar-refractivity contribution in [3.63, 3.8) is 0 Å². The first-order valence-electron chi connectivity index (χ1n) is 6.85. The first-order valence-corrected chi connectivity index (χ1v) is 6.85. The SMILES string of the molecule is CNc1cc(N2CCN(C3CCC3)CC2)ncn1. The van der Waals surface area contributed by atoms with E-state index in [-0.39, 0.29) is 0 Å². The first kappa shape index (κ1) is 11.7. The van der Waals surface area contributed by atoms with Crippen molar-refractivity contribution in [1.82, 2.24) is 14.9 Å². The van der Waals surface area contributed by atoms with Crippen molar-refractivity contribution in [3.8, 4) is 0 Å². The summed E-state index contributed by atoms with van der Waals surface area (Å²) in [5, 5.41) is 3.06. The Morgan fingerprint density at radius 3 is 2.56 bits per heavy atom. The molecular formula is C13H21N5. The van der Waals surface area contributed by atoms with Gasteiger partial charge in [0.05, 0.1) is 0 Å². The summed E-state index contributed by atoms with van der Waals surface area (Å²) in [6.45, 7) is 4.50. The van der Waals surface area contributed by atoms with Crippen LogP contribution in [0.1, 0.15) is 19.3 Å². The normalized spacial score (nSPS) is 21.7. The van der Waals surface area contributed by atoms with Crippen LogP contribution in [-0.2, 0) is 0 Å². The van der Waals surface area contributed by atoms with Crippen LogP contribution in [0.3, 0.4) is 0 Å². The molecule has 2 aliphatic rings. The third kappa shape index (κ3) is 2.27. The van der Waals surface area contributed by atoms with E-state index in [9.17, 15) is 0 Å². The number of anilines is 2. The van der Waals surface area contributed by atoms with Gasteiger partial charge in [0, 0.05) is 45.3 Å². The fourth-order valence-corrected chi connectivity index (χ4v) is 2.72. The van der Waals surface area contributed by atoms with Gasteiger partial charge < -0.3 is 10.2 Å². The topological polar surface area (TPSA) is 44.3 Å². The summed E-state index contributed by atoms with van der Waals surface area (Å²) in [6, 6.07) is 2.89. The summed E-state index contributed by atoms with van der Waals surface area (Å²) in [6.07, 6.45) is 5.86. The van der Waals surface area contributed by atoms with Gasteiger partial charge in [0.1, 0.15) is 18.0 Å². The smallest absolute Gasteiger partial charge is 0.134 e. The predicted molar refractivity (Wildman–Crippen MR) is 73.0 cm³/mol. The molecule has 3 rings (SSSR count). The second kappa shape index (κ2) is 5.10. The molecule has 0 amide bonds. The van der Waals surface area contributed by atoms with E-state index in [1.165, 1.54) is 32.4 Å². The molecular weight excluding hydrogens is 226 g/mol. The largest absolute Gasteiger partial charge is 0.373 e. The molecule has 1 aliphatic heterocycles. The number of aromatic nitrogens is 2. The lowest BCUT2D eigenvalue weighted by molar-refractivity contribution is 0.120. The third-order valence-electron chi connectivity index (χ3n) is 4.14. The van der Waals surface area contributed by atoms with E-state index in [0.717, 1.165) is 30.8 Å². The van der Waals surface area contributed by atoms with Crippen molar-refractivity contribution in [2.75, 3.05) is 43.4 Å². The number of hydrogen-bond acceptors (Lipinski definition) is 5. The maximum absolute atomic E-state index is 4.37. The molecule has 2 fully saturated rings. The zero-order valence-electron chi connectivity index (χ0n) is 11.0. The van der Waals surface area contributed by atoms with Gasteiger partial charge in [-0.05, 0) is 12.8 Å². The predicted octanol–water partition coefficient (Wildman–Crippen LogP) is 1.19. The summed E-state index contributed by atoms with van der Waals surface area (Å²) < 4.78 is 0. The van der Waals surface area contributed by atoms with Gasteiger partial charge in [-0.3, -0.25) is 4.90 Å². The van der Waals surface area contributed by atoms with Crippen molar-refractivity contribution in [2.45, 2.75) is 25.3 Å². The minimum atomic E-state index is 0.866. The number of nitrogens with zero attached hydrogens (tertiary/aromatic N) is 4. The minimum Gasteiger partial charge on any atom is -0.373 e. The molecule has 0 atom stereocenters. The maximum atomic E-state index is 4.37. The van der Waals surface area contributed by atoms with Gasteiger partial charge in [0.2, 0.25) is 0 Å². The quantitative estimate of drug-likeness (QED) is 0.869. The van der Waals surface area contributed by atoms with E-state index in [1.54, 1.807) is 6.33 Å². The molecule has 5 nitrogen and oxygen atoms in total. The van der Waals surface area contributed by atoms with E-state index >= 15 is 0 Å². The standard InChI is InChI=1S/C13H21N5/c1-14-12-9-13(16-10-15-12)18-7-5-17(6-8-18)11-3-2-4-11/h9-11H,2-8H2,1H3,(H,14,15,16). The van der Waals surface area contributed by atoms with Crippen LogP contribution in [0.5, 0.6) is 0 Å². The zero-order valence-corrected chi connectivity index (χ0v) is 11.0. The Bertz CT molecular complexity index is 396. The number of hydrogen-bond donors (Lipinski definition) is 1. The Morgan fingerprint density at radius 2 is 1.94 bits per heavy atom. The number of nitrogens with one attached hydrogen (secondary N) is 1. The van der Waals surface area contributed by atoms with Gasteiger partial charge in [0.15, 0.2) is 0 Å². The van der Waals surface area contributed by atoms with Crippen molar-refractivity contribution in [2.24, 2.45) is 0 Å². The molecule has 2 heterocycles. The monoisotopic (exact) mass is 247 g/mol. The summed E-state index contributed by atoms with van der Waals surface area (Å²) >= 11 is 0. The first-order chi connectivity index (χ1) is 8.86. The lowest BCUT2D eigenvalue weighted by Gasteiger charge is -2.43. The minimum absolute atomic E-state index is 0.866. The molecule has 1 aromatic rings. The maximum Gasteiger partial charge on any atom is 0.134 e. The Labute approximate surface area is 108 Å². The second-order valence-electron chi connectivity index (χ2n) is 5.12. The lowest BCUT2D eigenvalue weighted by atomic mass is 9.91. The van der Waals surface area contributed by atoms with Crippen LogP contribution >= 0.6 is 0 Å². The molecule has 0 aromatic carbocycles. The highest BCUT2D eigenvalue weighted by Crippen LogP contribution is 2.26. The molecule has 1 aliphatic carbocycles. The highest BCUT2D eigenvalue weighted by Gasteiger charge is 2.28. The Morgan fingerprint density at radius 1 is 1.17 bits per heavy atom. The van der Waals surface area contributed by atoms with Crippen molar-refractivity contribution < 1.29 is 0 Å². The Kier molecular flexibility index (Phi) is 3.32. The van der Waals surface area contributed by atoms with Crippen LogP contribution in [0, 0.1) is 0 Å². The van der Waals surface area contributed by atoms with Gasteiger partial charge in [-0.25, -0.2) is 9.97 Å². The summed E-state index contributed by atoms with van der Waals surface area (Å²) in [5.41, 5.74) is 0. The van der Waals surface area contributed by atoms with Gasteiger partial charge in [0.25, 0.3) is 0 Å². The van der Waals surface area contributed by atoms with Crippen molar-refractivity contribution in [1.29, 1.82) is 0 Å². The molecule has 98 valence electrons. The average Bonchev–Trinajstić information content (AvgIpc) is 2.38. The lowest BCUT2D eigenvalue weighted by Crippen LogP contribution is -2.52. The Balaban J connectivity index is 1.60. The van der Waals surface area contributed by atoms with Crippen LogP contribution in [0.2, 0.25) is 0 Å². The number of piperazine rings is 1. The van der Waals surface area contributed by atoms with E-state index in [4.69, 9.17) is 0 Å². The molecule has 0 unspecified atom stereocenters. The van der Waals surface area contributed by atoms with Crippen LogP contribution in [0.15, 0.2) is 12.4 Å². The Hall–Kier alpha value is -1.36. The molecule has 0 spiro atoms. The fraction of sp³-hybridized carbons (Fsp3) is 0.692. The molecule has 18 heavy (non-hydrogen) atoms. The molecule has 1 N–H and O–H groups in total. The second-order valence-corrected chi connectivity index (χ2v) is 5.12. The molecule has 5 heteroatoms. The fourth-order valence-electron chi connectivity index (χ4n) is 2.72. The summed E-state index contributed by atoms with van der Waals surface area (Å²) in [5.74, 6) is 1.93. The molecule has 1 aromatic heterocycles. The van der Waals surface area contributed by atoms with Gasteiger partial charge in [-0.15, -0.1) is 0 Å². The third-order valence-corrected chi connectivity index (χ3v) is 4.14. The van der Waals surface area contributed by atoms with Gasteiger partial charge in [-0.2, -0.15) is 0 Å². The highest BCUT2D eigenvalue weighted by molar-refractivity contribution is 5.48. The van der Waals surface area contributed by atoms with E-state index < -0.39 is 0 Å². The molecule has 1 saturated heterocycles. The van der Waals surface area contributed by atoms with Gasteiger partial charge >= 0.3 is 0 Å². The molecule has 0 bridgehead atoms. The summed E-state index contributed by atoms with van der Waals surface area (Å²) in [7, 11) is 1.89. The van der Waals surface area contributed by atoms with E-state index in [0.29, 0.717) is 0 Å². The molecule has 0 radical (unpaired) electrons. The van der Waals surface area contributed by atoms with Crippen LogP contribution in [0.4, 0.5) is 11.6 Å². The van der Waals surface area contributed by atoms with Crippen molar-refractivity contribution >= 4 is 11.6 Å². The van der Waals surface area contributed by atoms with Gasteiger partial charge in [-0.1, -0.05) is 6.42 Å². The molecule has 1 saturated carbocycles.